The maximum Gasteiger partial charge on any atom is 0.392 e. The van der Waals surface area contributed by atoms with Crippen molar-refractivity contribution in [2.45, 2.75) is 45.6 Å². The van der Waals surface area contributed by atoms with Crippen LogP contribution >= 0.6 is 0 Å². The van der Waals surface area contributed by atoms with E-state index < -0.39 is 25.6 Å². The molecule has 0 radical (unpaired) electrons. The molecule has 0 nitrogen and oxygen atoms in total. The van der Waals surface area contributed by atoms with Gasteiger partial charge in [-0.1, -0.05) is 37.7 Å². The minimum atomic E-state index is -4.06. The van der Waals surface area contributed by atoms with Crippen LogP contribution in [0.15, 0.2) is 11.3 Å². The fraction of sp³-hybridized carbons (Fsp3) is 0.692. The molecule has 0 spiro atoms. The molecule has 0 aromatic heterocycles. The van der Waals surface area contributed by atoms with Gasteiger partial charge in [-0.3, -0.25) is 0 Å². The fourth-order valence-corrected chi connectivity index (χ4v) is 3.63. The second-order valence-corrected chi connectivity index (χ2v) is 11.4. The van der Waals surface area contributed by atoms with Crippen molar-refractivity contribution in [3.8, 4) is 12.3 Å². The lowest BCUT2D eigenvalue weighted by molar-refractivity contribution is -0.155. The van der Waals surface area contributed by atoms with E-state index in [0.29, 0.717) is 6.42 Å². The van der Waals surface area contributed by atoms with E-state index >= 15 is 0 Å². The zero-order chi connectivity index (χ0) is 13.5. The molecular formula is C13H19F3Si. The van der Waals surface area contributed by atoms with Crippen molar-refractivity contribution in [1.82, 2.24) is 0 Å². The Bertz CT molecular complexity index is 368. The lowest BCUT2D eigenvalue weighted by Gasteiger charge is -2.24. The Morgan fingerprint density at radius 3 is 2.29 bits per heavy atom. The Hall–Kier alpha value is -0.693. The van der Waals surface area contributed by atoms with Gasteiger partial charge in [-0.25, -0.2) is 0 Å². The van der Waals surface area contributed by atoms with Gasteiger partial charge in [-0.2, -0.15) is 13.2 Å². The normalized spacial score (nSPS) is 30.0. The Morgan fingerprint density at radius 1 is 1.47 bits per heavy atom. The number of terminal acetylenes is 1. The zero-order valence-electron chi connectivity index (χ0n) is 10.8. The van der Waals surface area contributed by atoms with Crippen LogP contribution in [0.5, 0.6) is 0 Å². The molecule has 0 saturated heterocycles. The van der Waals surface area contributed by atoms with Crippen molar-refractivity contribution < 1.29 is 13.2 Å². The van der Waals surface area contributed by atoms with E-state index in [0.717, 1.165) is 5.20 Å². The quantitative estimate of drug-likeness (QED) is 0.521. The van der Waals surface area contributed by atoms with Gasteiger partial charge in [-0.05, 0) is 24.3 Å². The average Bonchev–Trinajstić information content (AvgIpc) is 2.75. The molecule has 0 aromatic carbocycles. The molecule has 0 heterocycles. The molecule has 1 saturated carbocycles. The first-order valence-electron chi connectivity index (χ1n) is 5.73. The molecule has 0 aromatic rings. The molecule has 0 N–H and O–H groups in total. The van der Waals surface area contributed by atoms with Gasteiger partial charge in [0.2, 0.25) is 0 Å². The van der Waals surface area contributed by atoms with E-state index in [1.54, 1.807) is 13.0 Å². The lowest BCUT2D eigenvalue weighted by Crippen LogP contribution is -2.27. The highest BCUT2D eigenvalue weighted by Gasteiger charge is 2.63. The van der Waals surface area contributed by atoms with Gasteiger partial charge < -0.3 is 0 Å². The van der Waals surface area contributed by atoms with Gasteiger partial charge >= 0.3 is 6.18 Å². The topological polar surface area (TPSA) is 0 Å². The van der Waals surface area contributed by atoms with Crippen molar-refractivity contribution in [2.75, 3.05) is 0 Å². The third-order valence-corrected chi connectivity index (χ3v) is 5.81. The first-order valence-corrected chi connectivity index (χ1v) is 9.23. The van der Waals surface area contributed by atoms with Crippen LogP contribution in [0.3, 0.4) is 0 Å². The molecule has 4 heteroatoms. The van der Waals surface area contributed by atoms with Gasteiger partial charge in [0.25, 0.3) is 0 Å². The summed E-state index contributed by atoms with van der Waals surface area (Å²) in [7, 11) is -1.61. The monoisotopic (exact) mass is 260 g/mol. The molecule has 2 unspecified atom stereocenters. The van der Waals surface area contributed by atoms with Gasteiger partial charge in [0.15, 0.2) is 0 Å². The minimum Gasteiger partial charge on any atom is -0.171 e. The van der Waals surface area contributed by atoms with Gasteiger partial charge in [0.05, 0.1) is 14.0 Å². The predicted octanol–water partition coefficient (Wildman–Crippen LogP) is 4.40. The molecule has 1 aliphatic carbocycles. The van der Waals surface area contributed by atoms with Crippen molar-refractivity contribution in [2.24, 2.45) is 11.3 Å². The Kier molecular flexibility index (Phi) is 3.55. The molecule has 0 amide bonds. The highest BCUT2D eigenvalue weighted by Crippen LogP contribution is 2.63. The maximum absolute atomic E-state index is 12.6. The number of alkyl halides is 3. The van der Waals surface area contributed by atoms with E-state index in [9.17, 15) is 13.2 Å². The largest absolute Gasteiger partial charge is 0.392 e. The molecule has 1 fully saturated rings. The number of rotatable bonds is 3. The Balaban J connectivity index is 2.80. The number of halogens is 3. The number of allylic oxidation sites excluding steroid dienone is 2. The SMILES string of the molecule is C#C/C=C(/CC1(C)CC1C(F)(F)F)[Si](C)(C)C. The lowest BCUT2D eigenvalue weighted by atomic mass is 10.0. The van der Waals surface area contributed by atoms with Crippen molar-refractivity contribution in [3.05, 3.63) is 11.3 Å². The first kappa shape index (κ1) is 14.4. The van der Waals surface area contributed by atoms with Crippen LogP contribution in [0.4, 0.5) is 13.2 Å². The van der Waals surface area contributed by atoms with Crippen LogP contribution in [-0.4, -0.2) is 14.3 Å². The average molecular weight is 260 g/mol. The van der Waals surface area contributed by atoms with Crippen LogP contribution in [0.1, 0.15) is 19.8 Å². The van der Waals surface area contributed by atoms with Crippen LogP contribution in [0, 0.1) is 23.7 Å². The van der Waals surface area contributed by atoms with Crippen molar-refractivity contribution >= 4 is 8.07 Å². The highest BCUT2D eigenvalue weighted by atomic mass is 28.3. The van der Waals surface area contributed by atoms with Crippen LogP contribution in [-0.2, 0) is 0 Å². The highest BCUT2D eigenvalue weighted by molar-refractivity contribution is 6.83. The third-order valence-electron chi connectivity index (χ3n) is 3.56. The summed E-state index contributed by atoms with van der Waals surface area (Å²) in [4.78, 5) is 0. The first-order chi connectivity index (χ1) is 7.50. The van der Waals surface area contributed by atoms with Gasteiger partial charge in [0.1, 0.15) is 0 Å². The van der Waals surface area contributed by atoms with Crippen molar-refractivity contribution in [1.29, 1.82) is 0 Å². The Labute approximate surface area is 102 Å². The summed E-state index contributed by atoms with van der Waals surface area (Å²) in [6.45, 7) is 8.06. The molecule has 17 heavy (non-hydrogen) atoms. The van der Waals surface area contributed by atoms with Crippen LogP contribution < -0.4 is 0 Å². The summed E-state index contributed by atoms with van der Waals surface area (Å²) in [5.41, 5.74) is -0.624. The summed E-state index contributed by atoms with van der Waals surface area (Å²) >= 11 is 0. The van der Waals surface area contributed by atoms with Crippen LogP contribution in [0.25, 0.3) is 0 Å². The van der Waals surface area contributed by atoms with Gasteiger partial charge in [-0.15, -0.1) is 6.42 Å². The molecule has 2 atom stereocenters. The van der Waals surface area contributed by atoms with E-state index in [1.807, 2.05) is 0 Å². The molecular weight excluding hydrogens is 241 g/mol. The van der Waals surface area contributed by atoms with Crippen molar-refractivity contribution in [3.63, 3.8) is 0 Å². The summed E-state index contributed by atoms with van der Waals surface area (Å²) in [5.74, 6) is 1.32. The molecule has 1 aliphatic rings. The van der Waals surface area contributed by atoms with Crippen LogP contribution in [0.2, 0.25) is 19.6 Å². The fourth-order valence-electron chi connectivity index (χ4n) is 2.18. The number of hydrogen-bond donors (Lipinski definition) is 0. The van der Waals surface area contributed by atoms with E-state index in [1.165, 1.54) is 0 Å². The van der Waals surface area contributed by atoms with E-state index in [-0.39, 0.29) is 6.42 Å². The molecule has 1 rings (SSSR count). The smallest absolute Gasteiger partial charge is 0.171 e. The summed E-state index contributed by atoms with van der Waals surface area (Å²) in [5, 5.41) is 1.06. The van der Waals surface area contributed by atoms with E-state index in [2.05, 4.69) is 25.6 Å². The number of hydrogen-bond acceptors (Lipinski definition) is 0. The van der Waals surface area contributed by atoms with E-state index in [4.69, 9.17) is 6.42 Å². The molecule has 0 bridgehead atoms. The minimum absolute atomic E-state index is 0.239. The molecule has 96 valence electrons. The standard InChI is InChI=1S/C13H19F3Si/c1-6-7-10(17(3,4)5)8-12(2)9-11(12)13(14,15)16/h1,7,11H,8-9H2,2-5H3/b10-7-. The Morgan fingerprint density at radius 2 is 2.00 bits per heavy atom. The summed E-state index contributed by atoms with van der Waals surface area (Å²) in [6, 6.07) is 0. The van der Waals surface area contributed by atoms with Gasteiger partial charge in [0, 0.05) is 0 Å². The summed E-state index contributed by atoms with van der Waals surface area (Å²) in [6.07, 6.45) is 3.62. The second-order valence-electron chi connectivity index (χ2n) is 6.22. The maximum atomic E-state index is 12.6. The second kappa shape index (κ2) is 4.20. The summed E-state index contributed by atoms with van der Waals surface area (Å²) < 4.78 is 37.9. The predicted molar refractivity (Wildman–Crippen MR) is 67.1 cm³/mol. The molecule has 0 aliphatic heterocycles. The zero-order valence-corrected chi connectivity index (χ0v) is 11.8. The third kappa shape index (κ3) is 3.38.